The lowest BCUT2D eigenvalue weighted by molar-refractivity contribution is -0.0437. The Morgan fingerprint density at radius 2 is 1.93 bits per heavy atom. The first kappa shape index (κ1) is 25.3. The molecular weight excluding hydrogens is 423 g/mol. The molecule has 3 rings (SSSR count). The van der Waals surface area contributed by atoms with Crippen molar-refractivity contribution in [3.05, 3.63) is 23.0 Å². The average molecular weight is 454 g/mol. The van der Waals surface area contributed by atoms with Crippen LogP contribution in [-0.2, 0) is 16.1 Å². The van der Waals surface area contributed by atoms with Gasteiger partial charge in [-0.05, 0) is 32.9 Å². The number of halogens is 3. The van der Waals surface area contributed by atoms with Crippen LogP contribution >= 0.6 is 36.4 Å². The summed E-state index contributed by atoms with van der Waals surface area (Å²) in [6.07, 6.45) is 0.904. The predicted octanol–water partition coefficient (Wildman–Crippen LogP) is 4.19. The lowest BCUT2D eigenvalue weighted by atomic mass is 10.0. The molecule has 0 saturated carbocycles. The van der Waals surface area contributed by atoms with E-state index >= 15 is 0 Å². The van der Waals surface area contributed by atoms with E-state index in [1.807, 2.05) is 6.07 Å². The molecule has 1 aromatic heterocycles. The Morgan fingerprint density at radius 3 is 2.57 bits per heavy atom. The van der Waals surface area contributed by atoms with Gasteiger partial charge in [0.2, 0.25) is 0 Å². The van der Waals surface area contributed by atoms with E-state index in [9.17, 15) is 0 Å². The molecule has 1 fully saturated rings. The SMILES string of the molecule is COC(C)(C)CC(C)OCc1nc2cc(Cl)c(N3CCNCC3)cc2[nH]1.Cl.Cl. The van der Waals surface area contributed by atoms with E-state index in [-0.39, 0.29) is 36.5 Å². The second-order valence-electron chi connectivity index (χ2n) is 7.53. The quantitative estimate of drug-likeness (QED) is 0.658. The maximum atomic E-state index is 6.50. The number of hydrogen-bond donors (Lipinski definition) is 2. The highest BCUT2D eigenvalue weighted by Crippen LogP contribution is 2.30. The first-order chi connectivity index (χ1) is 12.4. The highest BCUT2D eigenvalue weighted by Gasteiger charge is 2.21. The van der Waals surface area contributed by atoms with Crippen LogP contribution in [0, 0.1) is 0 Å². The molecule has 2 aromatic rings. The number of H-pyrrole nitrogens is 1. The van der Waals surface area contributed by atoms with Gasteiger partial charge in [0.15, 0.2) is 0 Å². The number of piperazine rings is 1. The molecular formula is C19H31Cl3N4O2. The van der Waals surface area contributed by atoms with E-state index < -0.39 is 0 Å². The first-order valence-corrected chi connectivity index (χ1v) is 9.56. The zero-order valence-electron chi connectivity index (χ0n) is 16.9. The average Bonchev–Trinajstić information content (AvgIpc) is 3.01. The molecule has 0 spiro atoms. The van der Waals surface area contributed by atoms with E-state index in [0.29, 0.717) is 6.61 Å². The van der Waals surface area contributed by atoms with Gasteiger partial charge in [0.1, 0.15) is 12.4 Å². The maximum absolute atomic E-state index is 6.50. The van der Waals surface area contributed by atoms with Crippen molar-refractivity contribution in [3.63, 3.8) is 0 Å². The number of aromatic amines is 1. The van der Waals surface area contributed by atoms with Crippen molar-refractivity contribution in [1.29, 1.82) is 0 Å². The van der Waals surface area contributed by atoms with Gasteiger partial charge in [-0.2, -0.15) is 0 Å². The van der Waals surface area contributed by atoms with Crippen LogP contribution in [0.4, 0.5) is 5.69 Å². The van der Waals surface area contributed by atoms with Gasteiger partial charge in [-0.3, -0.25) is 0 Å². The van der Waals surface area contributed by atoms with Gasteiger partial charge in [-0.25, -0.2) is 4.98 Å². The molecule has 9 heteroatoms. The normalized spacial score (nSPS) is 15.8. The third kappa shape index (κ3) is 6.37. The molecule has 6 nitrogen and oxygen atoms in total. The number of methoxy groups -OCH3 is 1. The number of nitrogens with one attached hydrogen (secondary N) is 2. The summed E-state index contributed by atoms with van der Waals surface area (Å²) in [5.74, 6) is 0.815. The molecule has 0 bridgehead atoms. The molecule has 1 aliphatic rings. The third-order valence-corrected chi connectivity index (χ3v) is 5.20. The summed E-state index contributed by atoms with van der Waals surface area (Å²) in [6, 6.07) is 4.03. The van der Waals surface area contributed by atoms with Gasteiger partial charge < -0.3 is 24.7 Å². The van der Waals surface area contributed by atoms with Crippen molar-refractivity contribution in [1.82, 2.24) is 15.3 Å². The van der Waals surface area contributed by atoms with Crippen molar-refractivity contribution in [3.8, 4) is 0 Å². The van der Waals surface area contributed by atoms with Crippen LogP contribution in [0.1, 0.15) is 33.0 Å². The molecule has 1 atom stereocenters. The maximum Gasteiger partial charge on any atom is 0.133 e. The fourth-order valence-corrected chi connectivity index (χ4v) is 3.62. The Hall–Kier alpha value is -0.760. The van der Waals surface area contributed by atoms with Gasteiger partial charge in [0.25, 0.3) is 0 Å². The lowest BCUT2D eigenvalue weighted by Gasteiger charge is -2.30. The van der Waals surface area contributed by atoms with Crippen LogP contribution in [0.3, 0.4) is 0 Å². The summed E-state index contributed by atoms with van der Waals surface area (Å²) >= 11 is 6.50. The molecule has 2 N–H and O–H groups in total. The van der Waals surface area contributed by atoms with Gasteiger partial charge in [-0.15, -0.1) is 24.8 Å². The number of aromatic nitrogens is 2. The molecule has 28 heavy (non-hydrogen) atoms. The van der Waals surface area contributed by atoms with Crippen molar-refractivity contribution in [2.24, 2.45) is 0 Å². The van der Waals surface area contributed by atoms with E-state index in [2.05, 4.69) is 47.0 Å². The Bertz CT molecular complexity index is 748. The molecule has 0 radical (unpaired) electrons. The first-order valence-electron chi connectivity index (χ1n) is 9.18. The predicted molar refractivity (Wildman–Crippen MR) is 121 cm³/mol. The number of ether oxygens (including phenoxy) is 2. The number of benzene rings is 1. The van der Waals surface area contributed by atoms with Gasteiger partial charge >= 0.3 is 0 Å². The molecule has 1 aromatic carbocycles. The monoisotopic (exact) mass is 452 g/mol. The number of rotatable bonds is 7. The van der Waals surface area contributed by atoms with E-state index in [4.69, 9.17) is 21.1 Å². The lowest BCUT2D eigenvalue weighted by Crippen LogP contribution is -2.43. The highest BCUT2D eigenvalue weighted by molar-refractivity contribution is 6.34. The minimum atomic E-state index is -0.195. The minimum absolute atomic E-state index is 0. The van der Waals surface area contributed by atoms with Crippen LogP contribution in [-0.4, -0.2) is 55.0 Å². The third-order valence-electron chi connectivity index (χ3n) is 4.89. The van der Waals surface area contributed by atoms with Gasteiger partial charge in [-0.1, -0.05) is 11.6 Å². The van der Waals surface area contributed by atoms with Crippen LogP contribution in [0.25, 0.3) is 11.0 Å². The summed E-state index contributed by atoms with van der Waals surface area (Å²) in [5.41, 5.74) is 2.73. The Morgan fingerprint density at radius 1 is 1.25 bits per heavy atom. The zero-order valence-corrected chi connectivity index (χ0v) is 19.3. The Balaban J connectivity index is 0.00000196. The van der Waals surface area contributed by atoms with Crippen molar-refractivity contribution >= 4 is 53.1 Å². The highest BCUT2D eigenvalue weighted by atomic mass is 35.5. The van der Waals surface area contributed by atoms with Gasteiger partial charge in [0.05, 0.1) is 33.4 Å². The summed E-state index contributed by atoms with van der Waals surface area (Å²) < 4.78 is 11.4. The number of imidazole rings is 1. The van der Waals surface area contributed by atoms with Crippen molar-refractivity contribution < 1.29 is 9.47 Å². The van der Waals surface area contributed by atoms with Crippen LogP contribution < -0.4 is 10.2 Å². The number of fused-ring (bicyclic) bond motifs is 1. The standard InChI is InChI=1S/C19H29ClN4O2.2ClH/c1-13(11-19(2,3)25-4)26-12-18-22-15-9-14(20)17(10-16(15)23-18)24-7-5-21-6-8-24;;/h9-10,13,21H,5-8,11-12H2,1-4H3,(H,22,23);2*1H. The Kier molecular flexibility index (Phi) is 9.80. The topological polar surface area (TPSA) is 62.4 Å². The van der Waals surface area contributed by atoms with Crippen LogP contribution in [0.5, 0.6) is 0 Å². The molecule has 1 unspecified atom stereocenters. The minimum Gasteiger partial charge on any atom is -0.379 e. The van der Waals surface area contributed by atoms with E-state index in [1.165, 1.54) is 0 Å². The molecule has 0 amide bonds. The van der Waals surface area contributed by atoms with Crippen molar-refractivity contribution in [2.45, 2.75) is 45.5 Å². The van der Waals surface area contributed by atoms with E-state index in [0.717, 1.165) is 60.2 Å². The number of hydrogen-bond acceptors (Lipinski definition) is 5. The number of nitrogens with zero attached hydrogens (tertiary/aromatic N) is 2. The molecule has 1 saturated heterocycles. The largest absolute Gasteiger partial charge is 0.379 e. The second-order valence-corrected chi connectivity index (χ2v) is 7.94. The summed E-state index contributed by atoms with van der Waals surface area (Å²) in [6.45, 7) is 10.5. The zero-order chi connectivity index (χ0) is 18.7. The molecule has 2 heterocycles. The van der Waals surface area contributed by atoms with Crippen LogP contribution in [0.2, 0.25) is 5.02 Å². The second kappa shape index (κ2) is 10.9. The summed E-state index contributed by atoms with van der Waals surface area (Å²) in [5, 5.41) is 4.11. The summed E-state index contributed by atoms with van der Waals surface area (Å²) in [4.78, 5) is 10.3. The molecule has 160 valence electrons. The fraction of sp³-hybridized carbons (Fsp3) is 0.632. The number of anilines is 1. The van der Waals surface area contributed by atoms with Crippen molar-refractivity contribution in [2.75, 3.05) is 38.2 Å². The fourth-order valence-electron chi connectivity index (χ4n) is 3.34. The van der Waals surface area contributed by atoms with E-state index in [1.54, 1.807) is 7.11 Å². The molecule has 0 aliphatic carbocycles. The smallest absolute Gasteiger partial charge is 0.133 e. The van der Waals surface area contributed by atoms with Crippen LogP contribution in [0.15, 0.2) is 12.1 Å². The summed E-state index contributed by atoms with van der Waals surface area (Å²) in [7, 11) is 1.73. The molecule has 1 aliphatic heterocycles. The Labute approximate surface area is 184 Å². The van der Waals surface area contributed by atoms with Gasteiger partial charge in [0, 0.05) is 39.7 Å².